The van der Waals surface area contributed by atoms with E-state index in [0.29, 0.717) is 12.0 Å². The number of pyridine rings is 1. The zero-order chi connectivity index (χ0) is 15.2. The zero-order valence-electron chi connectivity index (χ0n) is 13.1. The van der Waals surface area contributed by atoms with Crippen molar-refractivity contribution in [3.8, 4) is 0 Å². The van der Waals surface area contributed by atoms with Gasteiger partial charge in [0.15, 0.2) is 0 Å². The van der Waals surface area contributed by atoms with E-state index < -0.39 is 0 Å². The Bertz CT molecular complexity index is 558. The average molecular weight is 301 g/mol. The number of hydrogen-bond donors (Lipinski definition) is 0. The molecule has 4 heterocycles. The van der Waals surface area contributed by atoms with Crippen molar-refractivity contribution in [3.63, 3.8) is 0 Å². The topological polar surface area (TPSA) is 45.7 Å². The van der Waals surface area contributed by atoms with Crippen LogP contribution in [0.25, 0.3) is 0 Å². The van der Waals surface area contributed by atoms with E-state index in [1.54, 1.807) is 12.4 Å². The average Bonchev–Trinajstić information content (AvgIpc) is 3.23. The lowest BCUT2D eigenvalue weighted by atomic mass is 9.78. The van der Waals surface area contributed by atoms with E-state index in [4.69, 9.17) is 4.74 Å². The Morgan fingerprint density at radius 1 is 1.45 bits per heavy atom. The van der Waals surface area contributed by atoms with Crippen LogP contribution in [0, 0.1) is 11.3 Å². The lowest BCUT2D eigenvalue weighted by molar-refractivity contribution is -0.126. The molecule has 1 aromatic rings. The first-order valence-electron chi connectivity index (χ1n) is 8.24. The standard InChI is InChI=1S/C17H23N3O2/c1-13-10-19(15-4-8-22-11-15)12-17(13)5-7-20(16(17)21)14-3-2-6-18-9-14/h2-3,6,9,13,15H,4-5,7-8,10-12H2,1H3/t13-,15?,17-/m1/s1. The summed E-state index contributed by atoms with van der Waals surface area (Å²) < 4.78 is 5.53. The lowest BCUT2D eigenvalue weighted by Crippen LogP contribution is -2.41. The molecule has 5 nitrogen and oxygen atoms in total. The summed E-state index contributed by atoms with van der Waals surface area (Å²) in [5, 5.41) is 0. The van der Waals surface area contributed by atoms with E-state index in [-0.39, 0.29) is 11.3 Å². The summed E-state index contributed by atoms with van der Waals surface area (Å²) in [4.78, 5) is 21.7. The molecule has 0 aliphatic carbocycles. The van der Waals surface area contributed by atoms with Gasteiger partial charge in [0, 0.05) is 38.5 Å². The van der Waals surface area contributed by atoms with Gasteiger partial charge in [0.1, 0.15) is 0 Å². The molecule has 0 bridgehead atoms. The minimum Gasteiger partial charge on any atom is -0.380 e. The number of ether oxygens (including phenoxy) is 1. The van der Waals surface area contributed by atoms with Crippen molar-refractivity contribution in [2.24, 2.45) is 11.3 Å². The van der Waals surface area contributed by atoms with Crippen LogP contribution in [0.5, 0.6) is 0 Å². The van der Waals surface area contributed by atoms with Crippen molar-refractivity contribution < 1.29 is 9.53 Å². The molecule has 3 fully saturated rings. The third kappa shape index (κ3) is 2.07. The fraction of sp³-hybridized carbons (Fsp3) is 0.647. The first-order chi connectivity index (χ1) is 10.7. The van der Waals surface area contributed by atoms with Gasteiger partial charge in [-0.15, -0.1) is 0 Å². The third-order valence-electron chi connectivity index (χ3n) is 5.77. The first kappa shape index (κ1) is 14.2. The van der Waals surface area contributed by atoms with Gasteiger partial charge >= 0.3 is 0 Å². The molecule has 22 heavy (non-hydrogen) atoms. The highest BCUT2D eigenvalue weighted by molar-refractivity contribution is 6.00. The Hall–Kier alpha value is -1.46. The smallest absolute Gasteiger partial charge is 0.234 e. The Morgan fingerprint density at radius 3 is 3.09 bits per heavy atom. The Labute approximate surface area is 131 Å². The number of likely N-dealkylation sites (tertiary alicyclic amines) is 1. The lowest BCUT2D eigenvalue weighted by Gasteiger charge is -2.27. The maximum absolute atomic E-state index is 13.1. The van der Waals surface area contributed by atoms with Crippen molar-refractivity contribution >= 4 is 11.6 Å². The maximum Gasteiger partial charge on any atom is 0.234 e. The molecule has 0 N–H and O–H groups in total. The van der Waals surface area contributed by atoms with Crippen molar-refractivity contribution in [2.75, 3.05) is 37.7 Å². The predicted molar refractivity (Wildman–Crippen MR) is 83.6 cm³/mol. The quantitative estimate of drug-likeness (QED) is 0.831. The van der Waals surface area contributed by atoms with E-state index in [0.717, 1.165) is 51.4 Å². The Balaban J connectivity index is 1.56. The molecule has 3 atom stereocenters. The van der Waals surface area contributed by atoms with Gasteiger partial charge in [-0.3, -0.25) is 14.7 Å². The number of nitrogens with zero attached hydrogens (tertiary/aromatic N) is 3. The number of aromatic nitrogens is 1. The molecule has 1 aromatic heterocycles. The molecule has 1 amide bonds. The maximum atomic E-state index is 13.1. The van der Waals surface area contributed by atoms with E-state index >= 15 is 0 Å². The second-order valence-electron chi connectivity index (χ2n) is 6.92. The molecule has 0 aromatic carbocycles. The van der Waals surface area contributed by atoms with Crippen LogP contribution >= 0.6 is 0 Å². The van der Waals surface area contributed by atoms with E-state index in [2.05, 4.69) is 16.8 Å². The van der Waals surface area contributed by atoms with Crippen LogP contribution in [-0.4, -0.2) is 54.7 Å². The van der Waals surface area contributed by atoms with Crippen molar-refractivity contribution in [3.05, 3.63) is 24.5 Å². The van der Waals surface area contributed by atoms with Gasteiger partial charge < -0.3 is 9.64 Å². The molecule has 3 aliphatic heterocycles. The molecular weight excluding hydrogens is 278 g/mol. The summed E-state index contributed by atoms with van der Waals surface area (Å²) in [7, 11) is 0. The Kier molecular flexibility index (Phi) is 3.42. The Morgan fingerprint density at radius 2 is 2.36 bits per heavy atom. The van der Waals surface area contributed by atoms with Gasteiger partial charge in [0.2, 0.25) is 5.91 Å². The number of carbonyl (C=O) groups excluding carboxylic acids is 1. The van der Waals surface area contributed by atoms with Gasteiger partial charge in [-0.05, 0) is 30.9 Å². The molecular formula is C17H23N3O2. The zero-order valence-corrected chi connectivity index (χ0v) is 13.1. The fourth-order valence-electron chi connectivity index (χ4n) is 4.35. The van der Waals surface area contributed by atoms with Crippen LogP contribution in [0.1, 0.15) is 19.8 Å². The van der Waals surface area contributed by atoms with E-state index in [9.17, 15) is 4.79 Å². The number of anilines is 1. The number of amides is 1. The largest absolute Gasteiger partial charge is 0.380 e. The summed E-state index contributed by atoms with van der Waals surface area (Å²) >= 11 is 0. The molecule has 1 spiro atoms. The highest BCUT2D eigenvalue weighted by Gasteiger charge is 2.56. The molecule has 5 heteroatoms. The minimum atomic E-state index is -0.210. The van der Waals surface area contributed by atoms with Crippen LogP contribution < -0.4 is 4.90 Å². The monoisotopic (exact) mass is 301 g/mol. The summed E-state index contributed by atoms with van der Waals surface area (Å²) in [5.74, 6) is 0.691. The molecule has 1 unspecified atom stereocenters. The minimum absolute atomic E-state index is 0.210. The molecule has 4 rings (SSSR count). The van der Waals surface area contributed by atoms with Crippen molar-refractivity contribution in [2.45, 2.75) is 25.8 Å². The normalized spacial score (nSPS) is 35.9. The molecule has 0 radical (unpaired) electrons. The summed E-state index contributed by atoms with van der Waals surface area (Å²) in [6, 6.07) is 4.38. The van der Waals surface area contributed by atoms with Gasteiger partial charge in [0.25, 0.3) is 0 Å². The summed E-state index contributed by atoms with van der Waals surface area (Å²) in [6.07, 6.45) is 5.59. The van der Waals surface area contributed by atoms with Crippen LogP contribution in [0.2, 0.25) is 0 Å². The highest BCUT2D eigenvalue weighted by atomic mass is 16.5. The van der Waals surface area contributed by atoms with Gasteiger partial charge in [-0.2, -0.15) is 0 Å². The fourth-order valence-corrected chi connectivity index (χ4v) is 4.35. The predicted octanol–water partition coefficient (Wildman–Crippen LogP) is 1.55. The molecule has 0 saturated carbocycles. The van der Waals surface area contributed by atoms with Crippen LogP contribution in [0.3, 0.4) is 0 Å². The van der Waals surface area contributed by atoms with Gasteiger partial charge in [-0.25, -0.2) is 0 Å². The third-order valence-corrected chi connectivity index (χ3v) is 5.77. The summed E-state index contributed by atoms with van der Waals surface area (Å²) in [6.45, 7) is 6.63. The van der Waals surface area contributed by atoms with E-state index in [1.807, 2.05) is 17.0 Å². The van der Waals surface area contributed by atoms with E-state index in [1.165, 1.54) is 0 Å². The van der Waals surface area contributed by atoms with Crippen LogP contribution in [0.4, 0.5) is 5.69 Å². The molecule has 3 saturated heterocycles. The number of carbonyl (C=O) groups is 1. The molecule has 3 aliphatic rings. The van der Waals surface area contributed by atoms with Crippen molar-refractivity contribution in [1.82, 2.24) is 9.88 Å². The number of rotatable bonds is 2. The van der Waals surface area contributed by atoms with Crippen LogP contribution in [0.15, 0.2) is 24.5 Å². The second-order valence-corrected chi connectivity index (χ2v) is 6.92. The molecule has 118 valence electrons. The van der Waals surface area contributed by atoms with Crippen molar-refractivity contribution in [1.29, 1.82) is 0 Å². The number of hydrogen-bond acceptors (Lipinski definition) is 4. The van der Waals surface area contributed by atoms with Gasteiger partial charge in [0.05, 0.1) is 23.9 Å². The van der Waals surface area contributed by atoms with Crippen LogP contribution in [-0.2, 0) is 9.53 Å². The highest BCUT2D eigenvalue weighted by Crippen LogP contribution is 2.46. The first-order valence-corrected chi connectivity index (χ1v) is 8.24. The van der Waals surface area contributed by atoms with Gasteiger partial charge in [-0.1, -0.05) is 6.92 Å². The summed E-state index contributed by atoms with van der Waals surface area (Å²) in [5.41, 5.74) is 0.720. The second kappa shape index (κ2) is 5.32. The SMILES string of the molecule is C[C@@H]1CN(C2CCOC2)C[C@]12CCN(c1cccnc1)C2=O.